The van der Waals surface area contributed by atoms with E-state index in [1.54, 1.807) is 61.5 Å². The lowest BCUT2D eigenvalue weighted by molar-refractivity contribution is 0.378. The van der Waals surface area contributed by atoms with Crippen molar-refractivity contribution in [2.45, 2.75) is 19.2 Å². The molecule has 10 heteroatoms. The lowest BCUT2D eigenvalue weighted by Gasteiger charge is -2.25. The van der Waals surface area contributed by atoms with Gasteiger partial charge in [-0.1, -0.05) is 72.4 Å². The highest BCUT2D eigenvalue weighted by molar-refractivity contribution is 6.30. The molecule has 0 bridgehead atoms. The summed E-state index contributed by atoms with van der Waals surface area (Å²) in [5.41, 5.74) is 3.27. The molecule has 1 aliphatic heterocycles. The molecule has 0 fully saturated rings. The molecule has 43 heavy (non-hydrogen) atoms. The molecule has 4 nitrogen and oxygen atoms in total. The van der Waals surface area contributed by atoms with Crippen molar-refractivity contribution in [2.75, 3.05) is 0 Å². The Morgan fingerprint density at radius 3 is 2.58 bits per heavy atom. The molecule has 2 aliphatic carbocycles. The van der Waals surface area contributed by atoms with Gasteiger partial charge < -0.3 is 8.83 Å². The van der Waals surface area contributed by atoms with Crippen LogP contribution >= 0.6 is 23.2 Å². The van der Waals surface area contributed by atoms with Crippen LogP contribution in [0.25, 0.3) is 39.6 Å². The van der Waals surface area contributed by atoms with E-state index in [-0.39, 0.29) is 33.9 Å². The molecule has 215 valence electrons. The van der Waals surface area contributed by atoms with E-state index in [0.717, 1.165) is 5.57 Å². The summed E-state index contributed by atoms with van der Waals surface area (Å²) in [6.45, 7) is 3.71. The zero-order valence-electron chi connectivity index (χ0n) is 23.1. The Balaban J connectivity index is 1.41. The normalized spacial score (nSPS) is 24.2. The fourth-order valence-corrected chi connectivity index (χ4v) is 6.44. The molecule has 0 saturated heterocycles. The third-order valence-corrected chi connectivity index (χ3v) is 9.18. The predicted octanol–water partition coefficient (Wildman–Crippen LogP) is 7.95. The van der Waals surface area contributed by atoms with Crippen LogP contribution in [-0.4, -0.2) is 17.9 Å². The lowest BCUT2D eigenvalue weighted by atomic mass is 9.80. The minimum atomic E-state index is -0.631. The number of halogens is 5. The Morgan fingerprint density at radius 2 is 1.81 bits per heavy atom. The van der Waals surface area contributed by atoms with E-state index in [1.165, 1.54) is 10.6 Å². The third kappa shape index (κ3) is 4.59. The molecule has 0 N–H and O–H groups in total. The van der Waals surface area contributed by atoms with Gasteiger partial charge in [-0.05, 0) is 23.8 Å². The van der Waals surface area contributed by atoms with Gasteiger partial charge in [0.25, 0.3) is 0 Å². The third-order valence-electron chi connectivity index (χ3n) is 8.42. The van der Waals surface area contributed by atoms with Gasteiger partial charge in [-0.15, -0.1) is 11.6 Å². The summed E-state index contributed by atoms with van der Waals surface area (Å²) in [5.74, 6) is -0.616. The Hall–Kier alpha value is -3.88. The summed E-state index contributed by atoms with van der Waals surface area (Å²) in [6.07, 6.45) is 12.1. The van der Waals surface area contributed by atoms with Gasteiger partial charge in [-0.25, -0.2) is 13.2 Å². The van der Waals surface area contributed by atoms with E-state index < -0.39 is 11.8 Å². The number of aromatic nitrogens is 1. The first-order valence-electron chi connectivity index (χ1n) is 13.8. The number of nitrogens with zero attached hydrogens (tertiary/aromatic N) is 2. The largest absolute Gasteiger partial charge is 0.792 e. The highest BCUT2D eigenvalue weighted by Crippen LogP contribution is 2.42. The van der Waals surface area contributed by atoms with E-state index in [2.05, 4.69) is 0 Å². The number of fused-ring (bicyclic) bond motifs is 2. The van der Waals surface area contributed by atoms with Crippen molar-refractivity contribution in [3.63, 3.8) is 0 Å². The molecule has 0 saturated carbocycles. The summed E-state index contributed by atoms with van der Waals surface area (Å²) in [4.78, 5) is 0.503. The Morgan fingerprint density at radius 1 is 1.00 bits per heavy atom. The van der Waals surface area contributed by atoms with Crippen LogP contribution in [0.1, 0.15) is 25.3 Å². The van der Waals surface area contributed by atoms with Crippen molar-refractivity contribution in [3.8, 4) is 11.3 Å². The minimum absolute atomic E-state index is 0.0173. The van der Waals surface area contributed by atoms with Gasteiger partial charge in [0, 0.05) is 40.5 Å². The van der Waals surface area contributed by atoms with Crippen molar-refractivity contribution in [2.24, 2.45) is 17.8 Å². The fourth-order valence-electron chi connectivity index (χ4n) is 6.03. The highest BCUT2D eigenvalue weighted by atomic mass is 35.5. The van der Waals surface area contributed by atoms with E-state index in [1.807, 2.05) is 31.2 Å². The monoisotopic (exact) mass is 618 g/mol. The van der Waals surface area contributed by atoms with Crippen LogP contribution in [0.2, 0.25) is 5.02 Å². The second-order valence-corrected chi connectivity index (χ2v) is 11.9. The van der Waals surface area contributed by atoms with Gasteiger partial charge in [-0.2, -0.15) is 4.79 Å². The molecule has 7 rings (SSSR count). The summed E-state index contributed by atoms with van der Waals surface area (Å²) in [6, 6.07) is 11.9. The maximum Gasteiger partial charge on any atom is 0.792 e. The van der Waals surface area contributed by atoms with Crippen LogP contribution in [-0.2, 0) is 0 Å². The molecule has 4 atom stereocenters. The molecule has 3 aliphatic rings. The fraction of sp³-hybridized carbons (Fsp3) is 0.182. The van der Waals surface area contributed by atoms with E-state index in [4.69, 9.17) is 32.0 Å². The van der Waals surface area contributed by atoms with Crippen LogP contribution in [0.15, 0.2) is 99.3 Å². The zero-order valence-corrected chi connectivity index (χ0v) is 24.6. The molecular formula is C33H24BCl2F3N2O2+. The standard InChI is InChI=1S/C33H24BCl2F3N2O2/c1-17-21(8-4-10-23(17)36)30-13-25-31(43-30)15-27(40(25)34-38)33(22-9-5-11-24(37)18(22)2)28-16-32-26(41(28)39)14-29(42-32)19-6-3-7-20(35)12-19/h3-18,22-23H,1-2H3/q+1. The predicted molar refractivity (Wildman–Crippen MR) is 166 cm³/mol. The zero-order chi connectivity index (χ0) is 30.0. The quantitative estimate of drug-likeness (QED) is 0.168. The number of furan rings is 2. The molecular weight excluding hydrogens is 595 g/mol. The van der Waals surface area contributed by atoms with Crippen molar-refractivity contribution in [1.29, 1.82) is 0 Å². The molecule has 0 spiro atoms. The Kier molecular flexibility index (Phi) is 6.94. The van der Waals surface area contributed by atoms with Crippen molar-refractivity contribution in [3.05, 3.63) is 118 Å². The van der Waals surface area contributed by atoms with Crippen molar-refractivity contribution >= 4 is 59.2 Å². The molecule has 1 radical (unpaired) electrons. The number of hydrogen-bond acceptors (Lipinski definition) is 2. The molecule has 4 aromatic rings. The molecule has 0 amide bonds. The second-order valence-electron chi connectivity index (χ2n) is 10.9. The van der Waals surface area contributed by atoms with Crippen molar-refractivity contribution in [1.82, 2.24) is 9.28 Å². The minimum Gasteiger partial charge on any atom is -0.454 e. The van der Waals surface area contributed by atoms with Gasteiger partial charge >= 0.3 is 7.69 Å². The van der Waals surface area contributed by atoms with Crippen molar-refractivity contribution < 1.29 is 22.0 Å². The summed E-state index contributed by atoms with van der Waals surface area (Å²) < 4.78 is 59.5. The molecule has 4 heterocycles. The molecule has 3 aromatic heterocycles. The van der Waals surface area contributed by atoms with E-state index in [0.29, 0.717) is 56.6 Å². The van der Waals surface area contributed by atoms with Crippen LogP contribution in [0, 0.1) is 17.8 Å². The maximum atomic E-state index is 16.3. The maximum absolute atomic E-state index is 16.3. The van der Waals surface area contributed by atoms with E-state index >= 15 is 4.48 Å². The summed E-state index contributed by atoms with van der Waals surface area (Å²) in [5, 5.41) is 0.772. The van der Waals surface area contributed by atoms with Crippen LogP contribution in [0.4, 0.5) is 13.2 Å². The second kappa shape index (κ2) is 10.7. The Bertz CT molecular complexity index is 2080. The molecule has 4 unspecified atom stereocenters. The number of rotatable bonds is 5. The first-order valence-corrected chi connectivity index (χ1v) is 14.7. The lowest BCUT2D eigenvalue weighted by Crippen LogP contribution is -2.33. The smallest absolute Gasteiger partial charge is 0.454 e. The average Bonchev–Trinajstić information content (AvgIpc) is 3.74. The number of hydrogen-bond donors (Lipinski definition) is 0. The van der Waals surface area contributed by atoms with Crippen LogP contribution in [0.5, 0.6) is 0 Å². The van der Waals surface area contributed by atoms with Gasteiger partial charge in [0.1, 0.15) is 22.9 Å². The first kappa shape index (κ1) is 27.9. The number of allylic oxidation sites excluding steroid dienone is 10. The SMILES string of the molecule is CC1C(c2cc3c(o2)=CC(=C(c2cc4oc(-c5cccc(Cl)c5)cc4n2F)C2C=CC=C(F)C2C)[N+]=3[B]F)=CC=CC1Cl. The van der Waals surface area contributed by atoms with Crippen LogP contribution < -0.4 is 15.3 Å². The summed E-state index contributed by atoms with van der Waals surface area (Å²) >= 11 is 12.6. The van der Waals surface area contributed by atoms with Gasteiger partial charge in [0.15, 0.2) is 11.3 Å². The number of alkyl halides is 1. The average molecular weight is 619 g/mol. The molecule has 1 aromatic carbocycles. The first-order chi connectivity index (χ1) is 20.7. The van der Waals surface area contributed by atoms with Gasteiger partial charge in [0.05, 0.1) is 28.8 Å². The summed E-state index contributed by atoms with van der Waals surface area (Å²) in [7, 11) is 0.413. The number of benzene rings is 1. The highest BCUT2D eigenvalue weighted by Gasteiger charge is 2.38. The van der Waals surface area contributed by atoms with Gasteiger partial charge in [0.2, 0.25) is 10.8 Å². The van der Waals surface area contributed by atoms with Gasteiger partial charge in [-0.3, -0.25) is 0 Å². The van der Waals surface area contributed by atoms with E-state index in [9.17, 15) is 8.71 Å². The van der Waals surface area contributed by atoms with Crippen LogP contribution in [0.3, 0.4) is 0 Å². The Labute approximate surface area is 255 Å². The topological polar surface area (TPSA) is 34.2 Å².